The molecule has 3 nitrogen and oxygen atoms in total. The van der Waals surface area contributed by atoms with Gasteiger partial charge in [-0.2, -0.15) is 0 Å². The minimum atomic E-state index is -0.733. The average Bonchev–Trinajstić information content (AvgIpc) is 2.90. The van der Waals surface area contributed by atoms with Crippen molar-refractivity contribution in [3.63, 3.8) is 0 Å². The number of benzene rings is 2. The smallest absolute Gasteiger partial charge is 0.332 e. The van der Waals surface area contributed by atoms with Gasteiger partial charge >= 0.3 is 5.97 Å². The fourth-order valence-corrected chi connectivity index (χ4v) is 3.49. The molecule has 1 atom stereocenters. The molecule has 1 heterocycles. The van der Waals surface area contributed by atoms with E-state index in [-0.39, 0.29) is 5.97 Å². The van der Waals surface area contributed by atoms with Gasteiger partial charge in [-0.25, -0.2) is 4.79 Å². The van der Waals surface area contributed by atoms with Gasteiger partial charge in [0.25, 0.3) is 0 Å². The van der Waals surface area contributed by atoms with E-state index < -0.39 is 5.54 Å². The summed E-state index contributed by atoms with van der Waals surface area (Å²) in [6.45, 7) is 2.22. The lowest BCUT2D eigenvalue weighted by Gasteiger charge is -2.28. The molecule has 0 saturated heterocycles. The molecule has 0 aliphatic carbocycles. The Morgan fingerprint density at radius 1 is 1.23 bits per heavy atom. The molecule has 3 rings (SSSR count). The summed E-state index contributed by atoms with van der Waals surface area (Å²) in [5.74, 6) is -0.193. The van der Waals surface area contributed by atoms with Crippen LogP contribution in [0.4, 0.5) is 5.69 Å². The van der Waals surface area contributed by atoms with Crippen LogP contribution in [0, 0.1) is 0 Å². The van der Waals surface area contributed by atoms with E-state index in [0.29, 0.717) is 19.4 Å². The first-order valence-corrected chi connectivity index (χ1v) is 8.20. The van der Waals surface area contributed by atoms with Crippen molar-refractivity contribution < 1.29 is 9.53 Å². The van der Waals surface area contributed by atoms with Crippen LogP contribution in [0.5, 0.6) is 0 Å². The van der Waals surface area contributed by atoms with E-state index in [1.54, 1.807) is 0 Å². The highest BCUT2D eigenvalue weighted by molar-refractivity contribution is 9.10. The van der Waals surface area contributed by atoms with Gasteiger partial charge in [0.1, 0.15) is 5.54 Å². The number of carbonyl (C=O) groups is 1. The Hall–Kier alpha value is -1.81. The van der Waals surface area contributed by atoms with Gasteiger partial charge in [0.15, 0.2) is 0 Å². The molecule has 1 aliphatic heterocycles. The summed E-state index contributed by atoms with van der Waals surface area (Å²) in [5.41, 5.74) is 2.51. The van der Waals surface area contributed by atoms with Crippen molar-refractivity contribution in [2.45, 2.75) is 25.3 Å². The van der Waals surface area contributed by atoms with Crippen molar-refractivity contribution in [3.8, 4) is 0 Å². The van der Waals surface area contributed by atoms with Crippen LogP contribution in [0.25, 0.3) is 0 Å². The Morgan fingerprint density at radius 3 is 2.68 bits per heavy atom. The van der Waals surface area contributed by atoms with Crippen molar-refractivity contribution in [3.05, 3.63) is 64.1 Å². The fourth-order valence-electron chi connectivity index (χ4n) is 2.98. The molecule has 1 N–H and O–H groups in total. The van der Waals surface area contributed by atoms with Crippen molar-refractivity contribution in [2.24, 2.45) is 0 Å². The molecule has 22 heavy (non-hydrogen) atoms. The van der Waals surface area contributed by atoms with E-state index >= 15 is 0 Å². The van der Waals surface area contributed by atoms with E-state index in [2.05, 4.69) is 27.3 Å². The SMILES string of the molecule is CCOC(=O)C1(Cc2ccccc2)Cc2cccc(Br)c2N1. The fraction of sp³-hybridized carbons (Fsp3) is 0.278. The largest absolute Gasteiger partial charge is 0.464 e. The lowest BCUT2D eigenvalue weighted by atomic mass is 9.88. The molecule has 114 valence electrons. The molecule has 0 amide bonds. The molecular weight excluding hydrogens is 342 g/mol. The van der Waals surface area contributed by atoms with Gasteiger partial charge in [0.2, 0.25) is 0 Å². The third-order valence-electron chi connectivity index (χ3n) is 3.97. The minimum absolute atomic E-state index is 0.193. The quantitative estimate of drug-likeness (QED) is 0.839. The molecule has 0 spiro atoms. The summed E-state index contributed by atoms with van der Waals surface area (Å²) in [6.07, 6.45) is 1.24. The number of carbonyl (C=O) groups excluding carboxylic acids is 1. The number of fused-ring (bicyclic) bond motifs is 1. The van der Waals surface area contributed by atoms with E-state index in [1.165, 1.54) is 0 Å². The van der Waals surface area contributed by atoms with Crippen LogP contribution in [-0.2, 0) is 22.4 Å². The van der Waals surface area contributed by atoms with Gasteiger partial charge in [0, 0.05) is 17.3 Å². The lowest BCUT2D eigenvalue weighted by molar-refractivity contribution is -0.148. The first kappa shape index (κ1) is 15.1. The van der Waals surface area contributed by atoms with Gasteiger partial charge in [-0.3, -0.25) is 0 Å². The third-order valence-corrected chi connectivity index (χ3v) is 4.63. The number of para-hydroxylation sites is 1. The molecule has 0 bridgehead atoms. The number of hydrogen-bond acceptors (Lipinski definition) is 3. The number of anilines is 1. The predicted octanol–water partition coefficient (Wildman–Crippen LogP) is 3.96. The number of rotatable bonds is 4. The minimum Gasteiger partial charge on any atom is -0.464 e. The van der Waals surface area contributed by atoms with Crippen LogP contribution < -0.4 is 5.32 Å². The van der Waals surface area contributed by atoms with Crippen LogP contribution in [0.3, 0.4) is 0 Å². The highest BCUT2D eigenvalue weighted by Crippen LogP contribution is 2.40. The topological polar surface area (TPSA) is 38.3 Å². The maximum Gasteiger partial charge on any atom is 0.332 e. The highest BCUT2D eigenvalue weighted by atomic mass is 79.9. The molecule has 0 saturated carbocycles. The lowest BCUT2D eigenvalue weighted by Crippen LogP contribution is -2.48. The zero-order valence-corrected chi connectivity index (χ0v) is 14.0. The number of ether oxygens (including phenoxy) is 1. The second-order valence-corrected chi connectivity index (χ2v) is 6.40. The molecule has 0 radical (unpaired) electrons. The number of halogens is 1. The monoisotopic (exact) mass is 359 g/mol. The summed E-state index contributed by atoms with van der Waals surface area (Å²) < 4.78 is 6.33. The first-order chi connectivity index (χ1) is 10.6. The number of esters is 1. The van der Waals surface area contributed by atoms with E-state index in [9.17, 15) is 4.79 Å². The van der Waals surface area contributed by atoms with Gasteiger partial charge in [-0.1, -0.05) is 42.5 Å². The van der Waals surface area contributed by atoms with Crippen molar-refractivity contribution >= 4 is 27.6 Å². The second kappa shape index (κ2) is 6.13. The highest BCUT2D eigenvalue weighted by Gasteiger charge is 2.45. The molecular formula is C18H18BrNO2. The summed E-state index contributed by atoms with van der Waals surface area (Å²) in [4.78, 5) is 12.7. The van der Waals surface area contributed by atoms with Crippen LogP contribution in [0.15, 0.2) is 53.0 Å². The second-order valence-electron chi connectivity index (χ2n) is 5.54. The van der Waals surface area contributed by atoms with Gasteiger partial charge in [0.05, 0.1) is 12.3 Å². The maximum absolute atomic E-state index is 12.7. The normalized spacial score (nSPS) is 19.4. The first-order valence-electron chi connectivity index (χ1n) is 7.41. The molecule has 0 aromatic heterocycles. The number of hydrogen-bond donors (Lipinski definition) is 1. The van der Waals surface area contributed by atoms with Crippen LogP contribution in [0.2, 0.25) is 0 Å². The molecule has 2 aromatic carbocycles. The standard InChI is InChI=1S/C18H18BrNO2/c1-2-22-17(21)18(11-13-7-4-3-5-8-13)12-14-9-6-10-15(19)16(14)20-18/h3-10,20H,2,11-12H2,1H3. The molecule has 4 heteroatoms. The summed E-state index contributed by atoms with van der Waals surface area (Å²) in [7, 11) is 0. The predicted molar refractivity (Wildman–Crippen MR) is 91.0 cm³/mol. The summed E-state index contributed by atoms with van der Waals surface area (Å²) in [5, 5.41) is 3.43. The Labute approximate surface area is 138 Å². The Bertz CT molecular complexity index is 687. The summed E-state index contributed by atoms with van der Waals surface area (Å²) in [6, 6.07) is 16.1. The summed E-state index contributed by atoms with van der Waals surface area (Å²) >= 11 is 3.56. The van der Waals surface area contributed by atoms with E-state index in [1.807, 2.05) is 49.4 Å². The Morgan fingerprint density at radius 2 is 2.00 bits per heavy atom. The van der Waals surface area contributed by atoms with Gasteiger partial charge in [-0.05, 0) is 40.0 Å². The van der Waals surface area contributed by atoms with Gasteiger partial charge in [-0.15, -0.1) is 0 Å². The molecule has 2 aromatic rings. The van der Waals surface area contributed by atoms with Gasteiger partial charge < -0.3 is 10.1 Å². The van der Waals surface area contributed by atoms with Crippen LogP contribution in [-0.4, -0.2) is 18.1 Å². The molecule has 0 fully saturated rings. The van der Waals surface area contributed by atoms with Crippen molar-refractivity contribution in [1.82, 2.24) is 0 Å². The zero-order valence-electron chi connectivity index (χ0n) is 12.4. The van der Waals surface area contributed by atoms with E-state index in [0.717, 1.165) is 21.3 Å². The Kier molecular flexibility index (Phi) is 4.21. The van der Waals surface area contributed by atoms with Crippen molar-refractivity contribution in [2.75, 3.05) is 11.9 Å². The zero-order chi connectivity index (χ0) is 15.6. The van der Waals surface area contributed by atoms with E-state index in [4.69, 9.17) is 4.74 Å². The molecule has 1 aliphatic rings. The average molecular weight is 360 g/mol. The van der Waals surface area contributed by atoms with Crippen LogP contribution >= 0.6 is 15.9 Å². The van der Waals surface area contributed by atoms with Crippen molar-refractivity contribution in [1.29, 1.82) is 0 Å². The third kappa shape index (κ3) is 2.75. The van der Waals surface area contributed by atoms with Crippen LogP contribution in [0.1, 0.15) is 18.1 Å². The Balaban J connectivity index is 1.96. The molecule has 1 unspecified atom stereocenters. The number of nitrogens with one attached hydrogen (secondary N) is 1. The maximum atomic E-state index is 12.7.